The second-order valence-electron chi connectivity index (χ2n) is 4.92. The zero-order chi connectivity index (χ0) is 13.9. The zero-order valence-corrected chi connectivity index (χ0v) is 12.9. The lowest BCUT2D eigenvalue weighted by molar-refractivity contribution is 0.410. The highest BCUT2D eigenvalue weighted by Gasteiger charge is 2.19. The van der Waals surface area contributed by atoms with Gasteiger partial charge in [0.15, 0.2) is 0 Å². The van der Waals surface area contributed by atoms with E-state index in [4.69, 9.17) is 21.3 Å². The van der Waals surface area contributed by atoms with Gasteiger partial charge >= 0.3 is 0 Å². The molecule has 1 N–H and O–H groups in total. The fourth-order valence-electron chi connectivity index (χ4n) is 2.51. The number of aromatic nitrogens is 1. The third kappa shape index (κ3) is 2.82. The second-order valence-corrected chi connectivity index (χ2v) is 6.24. The summed E-state index contributed by atoms with van der Waals surface area (Å²) < 4.78 is 5.40. The second kappa shape index (κ2) is 6.12. The molecule has 0 aliphatic carbocycles. The van der Waals surface area contributed by atoms with Gasteiger partial charge in [-0.1, -0.05) is 18.0 Å². The van der Waals surface area contributed by atoms with E-state index in [2.05, 4.69) is 10.7 Å². The Kier molecular flexibility index (Phi) is 4.24. The minimum atomic E-state index is 0.396. The monoisotopic (exact) mass is 308 g/mol. The van der Waals surface area contributed by atoms with E-state index in [1.54, 1.807) is 18.4 Å². The first-order valence-electron chi connectivity index (χ1n) is 6.80. The highest BCUT2D eigenvalue weighted by molar-refractivity contribution is 7.10. The Morgan fingerprint density at radius 1 is 1.40 bits per heavy atom. The van der Waals surface area contributed by atoms with Gasteiger partial charge in [0.1, 0.15) is 10.8 Å². The van der Waals surface area contributed by atoms with Crippen molar-refractivity contribution in [1.82, 2.24) is 10.3 Å². The summed E-state index contributed by atoms with van der Waals surface area (Å²) in [5, 5.41) is 7.47. The van der Waals surface area contributed by atoms with E-state index in [0.29, 0.717) is 11.1 Å². The number of benzene rings is 1. The molecule has 0 amide bonds. The fraction of sp³-hybridized carbons (Fsp3) is 0.400. The van der Waals surface area contributed by atoms with Gasteiger partial charge in [-0.05, 0) is 37.6 Å². The molecular formula is C15H17ClN2OS. The molecule has 3 nitrogen and oxygen atoms in total. The average molecular weight is 309 g/mol. The van der Waals surface area contributed by atoms with E-state index in [9.17, 15) is 0 Å². The maximum absolute atomic E-state index is 6.09. The van der Waals surface area contributed by atoms with Gasteiger partial charge in [0, 0.05) is 16.0 Å². The Morgan fingerprint density at radius 2 is 2.30 bits per heavy atom. The van der Waals surface area contributed by atoms with Gasteiger partial charge in [0.25, 0.3) is 0 Å². The summed E-state index contributed by atoms with van der Waals surface area (Å²) in [5.74, 6) is 0.808. The summed E-state index contributed by atoms with van der Waals surface area (Å²) in [7, 11) is 1.67. The molecule has 0 unspecified atom stereocenters. The van der Waals surface area contributed by atoms with Crippen LogP contribution < -0.4 is 10.1 Å². The van der Waals surface area contributed by atoms with Crippen molar-refractivity contribution in [2.45, 2.75) is 25.3 Å². The van der Waals surface area contributed by atoms with Crippen molar-refractivity contribution in [3.8, 4) is 17.0 Å². The summed E-state index contributed by atoms with van der Waals surface area (Å²) in [4.78, 5) is 4.77. The molecule has 1 atom stereocenters. The summed E-state index contributed by atoms with van der Waals surface area (Å²) in [6.45, 7) is 1.08. The third-order valence-corrected chi connectivity index (χ3v) is 4.76. The first kappa shape index (κ1) is 13.9. The fourth-order valence-corrected chi connectivity index (χ4v) is 3.61. The van der Waals surface area contributed by atoms with E-state index in [0.717, 1.165) is 28.6 Å². The molecule has 3 rings (SSSR count). The minimum absolute atomic E-state index is 0.396. The highest BCUT2D eigenvalue weighted by atomic mass is 35.5. The molecule has 106 valence electrons. The van der Waals surface area contributed by atoms with Crippen molar-refractivity contribution < 1.29 is 4.74 Å². The van der Waals surface area contributed by atoms with Crippen LogP contribution in [0.4, 0.5) is 0 Å². The molecule has 2 heterocycles. The lowest BCUT2D eigenvalue weighted by Crippen LogP contribution is -2.26. The molecule has 5 heteroatoms. The largest absolute Gasteiger partial charge is 0.496 e. The van der Waals surface area contributed by atoms with Crippen molar-refractivity contribution in [1.29, 1.82) is 0 Å². The number of thiazole rings is 1. The number of ether oxygens (including phenoxy) is 1. The predicted molar refractivity (Wildman–Crippen MR) is 83.7 cm³/mol. The normalized spacial score (nSPS) is 19.0. The van der Waals surface area contributed by atoms with Gasteiger partial charge in [0.05, 0.1) is 18.8 Å². The maximum Gasteiger partial charge on any atom is 0.128 e. The van der Waals surface area contributed by atoms with Crippen molar-refractivity contribution in [2.24, 2.45) is 0 Å². The SMILES string of the molecule is COc1ccc(Cl)cc1-c1csc([C@H]2CCCCN2)n1. The van der Waals surface area contributed by atoms with Crippen LogP contribution in [0.1, 0.15) is 30.3 Å². The number of hydrogen-bond donors (Lipinski definition) is 1. The maximum atomic E-state index is 6.09. The van der Waals surface area contributed by atoms with Crippen LogP contribution in [-0.4, -0.2) is 18.6 Å². The Morgan fingerprint density at radius 3 is 3.05 bits per heavy atom. The molecule has 1 aromatic heterocycles. The van der Waals surface area contributed by atoms with Crippen LogP contribution in [0.2, 0.25) is 5.02 Å². The van der Waals surface area contributed by atoms with Crippen LogP contribution in [0.5, 0.6) is 5.75 Å². The van der Waals surface area contributed by atoms with Crippen LogP contribution in [-0.2, 0) is 0 Å². The van der Waals surface area contributed by atoms with Crippen LogP contribution in [0.3, 0.4) is 0 Å². The summed E-state index contributed by atoms with van der Waals surface area (Å²) in [6.07, 6.45) is 3.70. The molecule has 1 aliphatic rings. The summed E-state index contributed by atoms with van der Waals surface area (Å²) in [6, 6.07) is 6.02. The molecule has 0 radical (unpaired) electrons. The Labute approximate surface area is 127 Å². The van der Waals surface area contributed by atoms with E-state index in [-0.39, 0.29) is 0 Å². The third-order valence-electron chi connectivity index (χ3n) is 3.57. The van der Waals surface area contributed by atoms with Gasteiger partial charge in [-0.2, -0.15) is 0 Å². The first-order chi connectivity index (χ1) is 9.78. The van der Waals surface area contributed by atoms with Gasteiger partial charge in [-0.25, -0.2) is 4.98 Å². The number of halogens is 1. The Bertz CT molecular complexity index is 593. The Balaban J connectivity index is 1.91. The van der Waals surface area contributed by atoms with Gasteiger partial charge in [0.2, 0.25) is 0 Å². The smallest absolute Gasteiger partial charge is 0.128 e. The molecule has 20 heavy (non-hydrogen) atoms. The summed E-state index contributed by atoms with van der Waals surface area (Å²) in [5.41, 5.74) is 1.90. The van der Waals surface area contributed by atoms with Crippen LogP contribution in [0, 0.1) is 0 Å². The minimum Gasteiger partial charge on any atom is -0.496 e. The van der Waals surface area contributed by atoms with Gasteiger partial charge in [-0.3, -0.25) is 0 Å². The number of hydrogen-bond acceptors (Lipinski definition) is 4. The average Bonchev–Trinajstić information content (AvgIpc) is 2.98. The Hall–Kier alpha value is -1.10. The van der Waals surface area contributed by atoms with E-state index in [1.165, 1.54) is 19.3 Å². The highest BCUT2D eigenvalue weighted by Crippen LogP contribution is 2.35. The van der Waals surface area contributed by atoms with E-state index in [1.807, 2.05) is 18.2 Å². The molecule has 0 bridgehead atoms. The van der Waals surface area contributed by atoms with Crippen molar-refractivity contribution >= 4 is 22.9 Å². The van der Waals surface area contributed by atoms with Crippen molar-refractivity contribution in [2.75, 3.05) is 13.7 Å². The predicted octanol–water partition coefficient (Wildman–Crippen LogP) is 4.29. The number of rotatable bonds is 3. The lowest BCUT2D eigenvalue weighted by atomic mass is 10.1. The number of piperidine rings is 1. The van der Waals surface area contributed by atoms with Crippen LogP contribution in [0.25, 0.3) is 11.3 Å². The molecule has 1 aliphatic heterocycles. The van der Waals surface area contributed by atoms with Gasteiger partial charge < -0.3 is 10.1 Å². The zero-order valence-electron chi connectivity index (χ0n) is 11.4. The molecule has 0 spiro atoms. The molecule has 2 aromatic rings. The lowest BCUT2D eigenvalue weighted by Gasteiger charge is -2.21. The number of nitrogens with zero attached hydrogens (tertiary/aromatic N) is 1. The summed E-state index contributed by atoms with van der Waals surface area (Å²) >= 11 is 7.79. The topological polar surface area (TPSA) is 34.1 Å². The quantitative estimate of drug-likeness (QED) is 0.918. The van der Waals surface area contributed by atoms with E-state index >= 15 is 0 Å². The van der Waals surface area contributed by atoms with Crippen molar-refractivity contribution in [3.63, 3.8) is 0 Å². The molecule has 1 saturated heterocycles. The molecular weight excluding hydrogens is 292 g/mol. The molecule has 0 saturated carbocycles. The van der Waals surface area contributed by atoms with Crippen LogP contribution in [0.15, 0.2) is 23.6 Å². The van der Waals surface area contributed by atoms with E-state index < -0.39 is 0 Å². The van der Waals surface area contributed by atoms with Crippen molar-refractivity contribution in [3.05, 3.63) is 33.6 Å². The van der Waals surface area contributed by atoms with Crippen LogP contribution >= 0.6 is 22.9 Å². The molecule has 1 aromatic carbocycles. The molecule has 1 fully saturated rings. The number of methoxy groups -OCH3 is 1. The van der Waals surface area contributed by atoms with Gasteiger partial charge in [-0.15, -0.1) is 11.3 Å². The number of nitrogens with one attached hydrogen (secondary N) is 1. The standard InChI is InChI=1S/C15H17ClN2OS/c1-19-14-6-5-10(16)8-11(14)13-9-20-15(18-13)12-4-2-3-7-17-12/h5-6,8-9,12,17H,2-4,7H2,1H3/t12-/m1/s1. The first-order valence-corrected chi connectivity index (χ1v) is 8.06.